The highest BCUT2D eigenvalue weighted by atomic mass is 19.1. The molecule has 1 N–H and O–H groups in total. The van der Waals surface area contributed by atoms with Crippen LogP contribution in [-0.2, 0) is 25.0 Å². The fourth-order valence-electron chi connectivity index (χ4n) is 3.10. The fraction of sp³-hybridized carbons (Fsp3) is 0.438. The van der Waals surface area contributed by atoms with Crippen molar-refractivity contribution in [1.29, 1.82) is 0 Å². The molecule has 1 unspecified atom stereocenters. The number of fused-ring (bicyclic) bond motifs is 1. The minimum absolute atomic E-state index is 0.236. The van der Waals surface area contributed by atoms with Gasteiger partial charge in [0.1, 0.15) is 11.6 Å². The molecule has 4 heteroatoms. The molecule has 0 fully saturated rings. The van der Waals surface area contributed by atoms with Crippen LogP contribution in [0, 0.1) is 5.82 Å². The molecule has 0 radical (unpaired) electrons. The molecular weight excluding hydrogens is 255 g/mol. The molecule has 1 aliphatic carbocycles. The maximum absolute atomic E-state index is 13.3. The van der Waals surface area contributed by atoms with Gasteiger partial charge in [-0.2, -0.15) is 0 Å². The first-order chi connectivity index (χ1) is 9.62. The lowest BCUT2D eigenvalue weighted by Gasteiger charge is -2.24. The van der Waals surface area contributed by atoms with Crippen molar-refractivity contribution in [2.75, 3.05) is 0 Å². The Morgan fingerprint density at radius 3 is 3.10 bits per heavy atom. The largest absolute Gasteiger partial charge is 0.385 e. The summed E-state index contributed by atoms with van der Waals surface area (Å²) in [6.07, 6.45) is 6.59. The lowest BCUT2D eigenvalue weighted by Crippen LogP contribution is -2.27. The quantitative estimate of drug-likeness (QED) is 0.931. The molecule has 0 spiro atoms. The van der Waals surface area contributed by atoms with Gasteiger partial charge in [0.2, 0.25) is 0 Å². The van der Waals surface area contributed by atoms with Crippen LogP contribution in [0.2, 0.25) is 0 Å². The summed E-state index contributed by atoms with van der Waals surface area (Å²) in [6, 6.07) is 4.67. The Bertz CT molecular complexity index is 623. The number of aryl methyl sites for hydroxylation is 2. The van der Waals surface area contributed by atoms with Crippen LogP contribution >= 0.6 is 0 Å². The number of hydrogen-bond donors (Lipinski definition) is 1. The molecule has 3 rings (SSSR count). The average Bonchev–Trinajstić information content (AvgIpc) is 2.96. The van der Waals surface area contributed by atoms with Crippen molar-refractivity contribution >= 4 is 0 Å². The van der Waals surface area contributed by atoms with Gasteiger partial charge in [0.15, 0.2) is 0 Å². The maximum atomic E-state index is 13.3. The normalized spacial score (nSPS) is 21.1. The second-order valence-electron chi connectivity index (χ2n) is 5.55. The highest BCUT2D eigenvalue weighted by Crippen LogP contribution is 2.39. The number of halogens is 1. The molecule has 0 saturated heterocycles. The summed E-state index contributed by atoms with van der Waals surface area (Å²) >= 11 is 0. The van der Waals surface area contributed by atoms with Crippen LogP contribution < -0.4 is 0 Å². The lowest BCUT2D eigenvalue weighted by molar-refractivity contribution is 0.0360. The van der Waals surface area contributed by atoms with Gasteiger partial charge in [-0.25, -0.2) is 9.37 Å². The van der Waals surface area contributed by atoms with Crippen LogP contribution in [0.15, 0.2) is 30.6 Å². The molecule has 0 amide bonds. The van der Waals surface area contributed by atoms with Crippen LogP contribution in [0.4, 0.5) is 4.39 Å². The first-order valence-corrected chi connectivity index (χ1v) is 7.14. The van der Waals surface area contributed by atoms with E-state index in [1.807, 2.05) is 6.20 Å². The number of aromatic nitrogens is 2. The van der Waals surface area contributed by atoms with E-state index >= 15 is 0 Å². The number of aliphatic hydroxyl groups is 1. The summed E-state index contributed by atoms with van der Waals surface area (Å²) in [7, 11) is 0. The summed E-state index contributed by atoms with van der Waals surface area (Å²) in [5, 5.41) is 10.9. The molecule has 1 heterocycles. The number of rotatable bonds is 4. The first-order valence-electron chi connectivity index (χ1n) is 7.14. The molecule has 0 aliphatic heterocycles. The number of imidazole rings is 1. The molecule has 1 atom stereocenters. The second kappa shape index (κ2) is 5.02. The highest BCUT2D eigenvalue weighted by molar-refractivity contribution is 5.38. The Kier molecular flexibility index (Phi) is 3.34. The van der Waals surface area contributed by atoms with Gasteiger partial charge in [-0.1, -0.05) is 13.0 Å². The summed E-state index contributed by atoms with van der Waals surface area (Å²) < 4.78 is 15.3. The lowest BCUT2D eigenvalue weighted by atomic mass is 9.92. The summed E-state index contributed by atoms with van der Waals surface area (Å²) in [5.74, 6) is 0.659. The Hall–Kier alpha value is -1.68. The SMILES string of the molecule is CCCn1ccnc1CC1(O)CCc2cc(F)ccc21. The van der Waals surface area contributed by atoms with Gasteiger partial charge >= 0.3 is 0 Å². The number of hydrogen-bond acceptors (Lipinski definition) is 2. The topological polar surface area (TPSA) is 38.0 Å². The Morgan fingerprint density at radius 1 is 1.45 bits per heavy atom. The fourth-order valence-corrected chi connectivity index (χ4v) is 3.10. The van der Waals surface area contributed by atoms with Crippen molar-refractivity contribution in [3.05, 3.63) is 53.4 Å². The summed E-state index contributed by atoms with van der Waals surface area (Å²) in [4.78, 5) is 4.36. The van der Waals surface area contributed by atoms with Crippen LogP contribution in [-0.4, -0.2) is 14.7 Å². The predicted octanol–water partition coefficient (Wildman–Crippen LogP) is 2.81. The third-order valence-corrected chi connectivity index (χ3v) is 4.09. The van der Waals surface area contributed by atoms with Gasteiger partial charge in [0.25, 0.3) is 0 Å². The van der Waals surface area contributed by atoms with E-state index in [2.05, 4.69) is 16.5 Å². The first kappa shape index (κ1) is 13.3. The Morgan fingerprint density at radius 2 is 2.30 bits per heavy atom. The molecular formula is C16H19FN2O. The van der Waals surface area contributed by atoms with Crippen molar-refractivity contribution in [3.8, 4) is 0 Å². The molecule has 0 bridgehead atoms. The third kappa shape index (κ3) is 2.24. The van der Waals surface area contributed by atoms with Gasteiger partial charge in [0, 0.05) is 25.4 Å². The van der Waals surface area contributed by atoms with Crippen LogP contribution in [0.25, 0.3) is 0 Å². The van der Waals surface area contributed by atoms with Gasteiger partial charge in [0.05, 0.1) is 5.60 Å². The maximum Gasteiger partial charge on any atom is 0.123 e. The van der Waals surface area contributed by atoms with Crippen LogP contribution in [0.3, 0.4) is 0 Å². The van der Waals surface area contributed by atoms with Gasteiger partial charge in [-0.05, 0) is 42.5 Å². The molecule has 3 nitrogen and oxygen atoms in total. The zero-order valence-corrected chi connectivity index (χ0v) is 11.6. The van der Waals surface area contributed by atoms with E-state index in [1.165, 1.54) is 12.1 Å². The van der Waals surface area contributed by atoms with E-state index < -0.39 is 5.60 Å². The van der Waals surface area contributed by atoms with E-state index in [-0.39, 0.29) is 5.82 Å². The molecule has 1 aliphatic rings. The molecule has 0 saturated carbocycles. The standard InChI is InChI=1S/C16H19FN2O/c1-2-8-19-9-7-18-15(19)11-16(20)6-5-12-10-13(17)3-4-14(12)16/h3-4,7,9-10,20H,2,5-6,8,11H2,1H3. The minimum Gasteiger partial charge on any atom is -0.385 e. The van der Waals surface area contributed by atoms with E-state index in [1.54, 1.807) is 12.3 Å². The molecule has 1 aromatic heterocycles. The average molecular weight is 274 g/mol. The molecule has 106 valence electrons. The number of benzene rings is 1. The van der Waals surface area contributed by atoms with E-state index in [4.69, 9.17) is 0 Å². The van der Waals surface area contributed by atoms with E-state index in [0.29, 0.717) is 12.8 Å². The second-order valence-corrected chi connectivity index (χ2v) is 5.55. The molecule has 20 heavy (non-hydrogen) atoms. The third-order valence-electron chi connectivity index (χ3n) is 4.09. The number of nitrogens with zero attached hydrogens (tertiary/aromatic N) is 2. The zero-order valence-electron chi connectivity index (χ0n) is 11.6. The van der Waals surface area contributed by atoms with Crippen LogP contribution in [0.5, 0.6) is 0 Å². The van der Waals surface area contributed by atoms with Crippen molar-refractivity contribution in [3.63, 3.8) is 0 Å². The highest BCUT2D eigenvalue weighted by Gasteiger charge is 2.37. The smallest absolute Gasteiger partial charge is 0.123 e. The Balaban J connectivity index is 1.90. The van der Waals surface area contributed by atoms with Crippen LogP contribution in [0.1, 0.15) is 36.7 Å². The van der Waals surface area contributed by atoms with E-state index in [9.17, 15) is 9.50 Å². The molecule has 2 aromatic rings. The van der Waals surface area contributed by atoms with Gasteiger partial charge < -0.3 is 9.67 Å². The zero-order chi connectivity index (χ0) is 14.2. The predicted molar refractivity (Wildman–Crippen MR) is 74.8 cm³/mol. The van der Waals surface area contributed by atoms with E-state index in [0.717, 1.165) is 36.3 Å². The van der Waals surface area contributed by atoms with Gasteiger partial charge in [-0.3, -0.25) is 0 Å². The summed E-state index contributed by atoms with van der Waals surface area (Å²) in [5.41, 5.74) is 0.853. The minimum atomic E-state index is -0.917. The van der Waals surface area contributed by atoms with Gasteiger partial charge in [-0.15, -0.1) is 0 Å². The van der Waals surface area contributed by atoms with Crippen molar-refractivity contribution in [2.24, 2.45) is 0 Å². The Labute approximate surface area is 118 Å². The molecule has 1 aromatic carbocycles. The monoisotopic (exact) mass is 274 g/mol. The summed E-state index contributed by atoms with van der Waals surface area (Å²) in [6.45, 7) is 3.02. The van der Waals surface area contributed by atoms with Crippen molar-refractivity contribution in [2.45, 2.75) is 44.8 Å². The van der Waals surface area contributed by atoms with Crippen molar-refractivity contribution < 1.29 is 9.50 Å². The van der Waals surface area contributed by atoms with Crippen molar-refractivity contribution in [1.82, 2.24) is 9.55 Å².